The monoisotopic (exact) mass is 156 g/mol. The first-order valence-electron chi connectivity index (χ1n) is 4.60. The van der Waals surface area contributed by atoms with Crippen molar-refractivity contribution < 1.29 is 0 Å². The summed E-state index contributed by atoms with van der Waals surface area (Å²) in [6.45, 7) is 10.2. The SMILES string of the molecule is CC(C)C1NCC(C)C(C)N1. The van der Waals surface area contributed by atoms with Gasteiger partial charge in [-0.3, -0.25) is 5.32 Å². The van der Waals surface area contributed by atoms with Gasteiger partial charge in [-0.15, -0.1) is 0 Å². The van der Waals surface area contributed by atoms with Crippen LogP contribution in [0.15, 0.2) is 0 Å². The standard InChI is InChI=1S/C9H20N2/c1-6(2)9-10-5-7(3)8(4)11-9/h6-11H,5H2,1-4H3. The van der Waals surface area contributed by atoms with Crippen molar-refractivity contribution >= 4 is 0 Å². The van der Waals surface area contributed by atoms with E-state index in [1.165, 1.54) is 0 Å². The Morgan fingerprint density at radius 3 is 2.36 bits per heavy atom. The van der Waals surface area contributed by atoms with Crippen molar-refractivity contribution in [1.29, 1.82) is 0 Å². The Bertz CT molecular complexity index is 123. The molecule has 2 nitrogen and oxygen atoms in total. The normalized spacial score (nSPS) is 39.5. The minimum Gasteiger partial charge on any atom is -0.301 e. The molecule has 1 heterocycles. The van der Waals surface area contributed by atoms with Gasteiger partial charge in [0, 0.05) is 12.6 Å². The summed E-state index contributed by atoms with van der Waals surface area (Å²) in [5.74, 6) is 1.44. The molecular formula is C9H20N2. The second kappa shape index (κ2) is 3.55. The van der Waals surface area contributed by atoms with Gasteiger partial charge >= 0.3 is 0 Å². The van der Waals surface area contributed by atoms with Crippen LogP contribution in [0.1, 0.15) is 27.7 Å². The minimum atomic E-state index is 0.515. The van der Waals surface area contributed by atoms with E-state index in [9.17, 15) is 0 Å². The third-order valence-electron chi connectivity index (χ3n) is 2.62. The maximum absolute atomic E-state index is 3.55. The number of nitrogens with one attached hydrogen (secondary N) is 2. The maximum Gasteiger partial charge on any atom is 0.0597 e. The average Bonchev–Trinajstić information content (AvgIpc) is 1.94. The van der Waals surface area contributed by atoms with Gasteiger partial charge in [0.2, 0.25) is 0 Å². The van der Waals surface area contributed by atoms with Crippen LogP contribution < -0.4 is 10.6 Å². The molecule has 1 aliphatic heterocycles. The van der Waals surface area contributed by atoms with Crippen LogP contribution in [0.2, 0.25) is 0 Å². The number of hydrogen-bond donors (Lipinski definition) is 2. The lowest BCUT2D eigenvalue weighted by molar-refractivity contribution is 0.206. The van der Waals surface area contributed by atoms with Crippen molar-refractivity contribution in [2.75, 3.05) is 6.54 Å². The summed E-state index contributed by atoms with van der Waals surface area (Å²) < 4.78 is 0. The van der Waals surface area contributed by atoms with E-state index in [0.717, 1.165) is 12.5 Å². The van der Waals surface area contributed by atoms with Gasteiger partial charge in [-0.05, 0) is 18.8 Å². The minimum absolute atomic E-state index is 0.515. The van der Waals surface area contributed by atoms with Crippen LogP contribution in [0.3, 0.4) is 0 Å². The molecule has 0 aliphatic carbocycles. The van der Waals surface area contributed by atoms with E-state index in [4.69, 9.17) is 0 Å². The van der Waals surface area contributed by atoms with E-state index >= 15 is 0 Å². The zero-order valence-electron chi connectivity index (χ0n) is 8.02. The molecule has 2 N–H and O–H groups in total. The van der Waals surface area contributed by atoms with Crippen LogP contribution >= 0.6 is 0 Å². The lowest BCUT2D eigenvalue weighted by Crippen LogP contribution is -2.58. The second-order valence-electron chi connectivity index (χ2n) is 4.06. The Morgan fingerprint density at radius 2 is 1.91 bits per heavy atom. The molecule has 0 spiro atoms. The van der Waals surface area contributed by atoms with Gasteiger partial charge in [0.05, 0.1) is 6.17 Å². The van der Waals surface area contributed by atoms with Crippen molar-refractivity contribution in [2.45, 2.75) is 39.9 Å². The van der Waals surface area contributed by atoms with Crippen LogP contribution in [0, 0.1) is 11.8 Å². The quantitative estimate of drug-likeness (QED) is 0.596. The van der Waals surface area contributed by atoms with Gasteiger partial charge in [0.15, 0.2) is 0 Å². The maximum atomic E-state index is 3.55. The summed E-state index contributed by atoms with van der Waals surface area (Å²) in [6.07, 6.45) is 0.515. The van der Waals surface area contributed by atoms with Gasteiger partial charge in [-0.25, -0.2) is 0 Å². The first-order chi connectivity index (χ1) is 5.11. The van der Waals surface area contributed by atoms with Gasteiger partial charge in [-0.1, -0.05) is 20.8 Å². The van der Waals surface area contributed by atoms with Crippen molar-refractivity contribution in [1.82, 2.24) is 10.6 Å². The first-order valence-corrected chi connectivity index (χ1v) is 4.60. The van der Waals surface area contributed by atoms with E-state index in [-0.39, 0.29) is 0 Å². The molecule has 0 radical (unpaired) electrons. The fourth-order valence-corrected chi connectivity index (χ4v) is 1.42. The lowest BCUT2D eigenvalue weighted by atomic mass is 9.98. The van der Waals surface area contributed by atoms with Crippen molar-refractivity contribution in [3.05, 3.63) is 0 Å². The van der Waals surface area contributed by atoms with Crippen LogP contribution in [0.5, 0.6) is 0 Å². The highest BCUT2D eigenvalue weighted by Crippen LogP contribution is 2.10. The van der Waals surface area contributed by atoms with Crippen LogP contribution in [0.25, 0.3) is 0 Å². The molecule has 1 fully saturated rings. The topological polar surface area (TPSA) is 24.1 Å². The third-order valence-corrected chi connectivity index (χ3v) is 2.62. The zero-order chi connectivity index (χ0) is 8.43. The Kier molecular flexibility index (Phi) is 2.90. The Balaban J connectivity index is 2.40. The van der Waals surface area contributed by atoms with E-state index in [1.54, 1.807) is 0 Å². The molecule has 11 heavy (non-hydrogen) atoms. The van der Waals surface area contributed by atoms with Crippen LogP contribution in [-0.2, 0) is 0 Å². The molecule has 0 aromatic heterocycles. The molecule has 1 rings (SSSR count). The van der Waals surface area contributed by atoms with Gasteiger partial charge in [0.1, 0.15) is 0 Å². The van der Waals surface area contributed by atoms with Crippen molar-refractivity contribution in [3.63, 3.8) is 0 Å². The predicted octanol–water partition coefficient (Wildman–Crippen LogP) is 1.19. The summed E-state index contributed by atoms with van der Waals surface area (Å²) in [6, 6.07) is 0.656. The summed E-state index contributed by atoms with van der Waals surface area (Å²) in [7, 11) is 0. The molecule has 1 aliphatic rings. The number of hydrogen-bond acceptors (Lipinski definition) is 2. The van der Waals surface area contributed by atoms with Gasteiger partial charge in [-0.2, -0.15) is 0 Å². The molecule has 1 saturated heterocycles. The van der Waals surface area contributed by atoms with Crippen molar-refractivity contribution in [3.8, 4) is 0 Å². The van der Waals surface area contributed by atoms with Gasteiger partial charge < -0.3 is 5.32 Å². The highest BCUT2D eigenvalue weighted by Gasteiger charge is 2.24. The molecule has 0 aromatic carbocycles. The van der Waals surface area contributed by atoms with Crippen LogP contribution in [-0.4, -0.2) is 18.8 Å². The highest BCUT2D eigenvalue weighted by atomic mass is 15.2. The van der Waals surface area contributed by atoms with Crippen LogP contribution in [0.4, 0.5) is 0 Å². The molecule has 66 valence electrons. The number of rotatable bonds is 1. The fourth-order valence-electron chi connectivity index (χ4n) is 1.42. The van der Waals surface area contributed by atoms with E-state index in [1.807, 2.05) is 0 Å². The molecule has 0 saturated carbocycles. The van der Waals surface area contributed by atoms with E-state index < -0.39 is 0 Å². The Morgan fingerprint density at radius 1 is 1.27 bits per heavy atom. The smallest absolute Gasteiger partial charge is 0.0597 e. The molecular weight excluding hydrogens is 136 g/mol. The lowest BCUT2D eigenvalue weighted by Gasteiger charge is -2.36. The van der Waals surface area contributed by atoms with E-state index in [0.29, 0.717) is 18.1 Å². The zero-order valence-corrected chi connectivity index (χ0v) is 8.02. The molecule has 0 bridgehead atoms. The summed E-state index contributed by atoms with van der Waals surface area (Å²) in [5.41, 5.74) is 0. The molecule has 0 aromatic rings. The molecule has 3 atom stereocenters. The van der Waals surface area contributed by atoms with Gasteiger partial charge in [0.25, 0.3) is 0 Å². The van der Waals surface area contributed by atoms with E-state index in [2.05, 4.69) is 38.3 Å². The molecule has 0 amide bonds. The Hall–Kier alpha value is -0.0800. The third kappa shape index (κ3) is 2.17. The second-order valence-corrected chi connectivity index (χ2v) is 4.06. The predicted molar refractivity (Wildman–Crippen MR) is 48.4 cm³/mol. The summed E-state index contributed by atoms with van der Waals surface area (Å²) >= 11 is 0. The summed E-state index contributed by atoms with van der Waals surface area (Å²) in [4.78, 5) is 0. The highest BCUT2D eigenvalue weighted by molar-refractivity contribution is 4.82. The first kappa shape index (κ1) is 9.01. The molecule has 2 heteroatoms. The van der Waals surface area contributed by atoms with Crippen molar-refractivity contribution in [2.24, 2.45) is 11.8 Å². The fraction of sp³-hybridized carbons (Fsp3) is 1.00. The Labute approximate surface area is 69.8 Å². The average molecular weight is 156 g/mol. The summed E-state index contributed by atoms with van der Waals surface area (Å²) in [5, 5.41) is 7.04. The molecule has 3 unspecified atom stereocenters. The largest absolute Gasteiger partial charge is 0.301 e.